The third-order valence-corrected chi connectivity index (χ3v) is 3.14. The average molecular weight is 280 g/mol. The number of hydrogen-bond acceptors (Lipinski definition) is 4. The van der Waals surface area contributed by atoms with E-state index >= 15 is 0 Å². The van der Waals surface area contributed by atoms with Crippen LogP contribution in [0.2, 0.25) is 5.02 Å². The van der Waals surface area contributed by atoms with Gasteiger partial charge in [-0.15, -0.1) is 5.10 Å². The summed E-state index contributed by atoms with van der Waals surface area (Å²) in [7, 11) is 2.03. The van der Waals surface area contributed by atoms with Crippen LogP contribution in [0.3, 0.4) is 0 Å². The third-order valence-electron chi connectivity index (χ3n) is 2.77. The number of nitrogens with zero attached hydrogens (tertiary/aromatic N) is 4. The highest BCUT2D eigenvalue weighted by atomic mass is 35.5. The van der Waals surface area contributed by atoms with Crippen molar-refractivity contribution in [3.8, 4) is 0 Å². The largest absolute Gasteiger partial charge is 0.329 e. The maximum Gasteiger partial charge on any atom is 0.0967 e. The quantitative estimate of drug-likeness (QED) is 0.871. The Morgan fingerprint density at radius 3 is 2.84 bits per heavy atom. The first-order valence-corrected chi connectivity index (χ1v) is 6.58. The predicted octanol–water partition coefficient (Wildman–Crippen LogP) is 1.52. The summed E-state index contributed by atoms with van der Waals surface area (Å²) in [4.78, 5) is 2.15. The van der Waals surface area contributed by atoms with Crippen LogP contribution in [0.4, 0.5) is 0 Å². The Morgan fingerprint density at radius 2 is 2.11 bits per heavy atom. The summed E-state index contributed by atoms with van der Waals surface area (Å²) >= 11 is 6.14. The van der Waals surface area contributed by atoms with Crippen molar-refractivity contribution in [2.45, 2.75) is 19.6 Å². The molecule has 6 heteroatoms. The average Bonchev–Trinajstić information content (AvgIpc) is 2.80. The SMILES string of the molecule is CN(Cc1cn(CCN)nn1)Cc1ccccc1Cl. The van der Waals surface area contributed by atoms with E-state index in [0.29, 0.717) is 13.1 Å². The van der Waals surface area contributed by atoms with Gasteiger partial charge >= 0.3 is 0 Å². The van der Waals surface area contributed by atoms with Crippen LogP contribution in [0.5, 0.6) is 0 Å². The van der Waals surface area contributed by atoms with Crippen molar-refractivity contribution in [1.29, 1.82) is 0 Å². The van der Waals surface area contributed by atoms with Crippen molar-refractivity contribution in [3.63, 3.8) is 0 Å². The first kappa shape index (κ1) is 14.0. The Hall–Kier alpha value is -1.43. The summed E-state index contributed by atoms with van der Waals surface area (Å²) in [6.07, 6.45) is 1.93. The van der Waals surface area contributed by atoms with Crippen LogP contribution in [0.1, 0.15) is 11.3 Å². The number of nitrogens with two attached hydrogens (primary N) is 1. The molecule has 0 unspecified atom stereocenters. The standard InChI is InChI=1S/C13H18ClN5/c1-18(8-11-4-2-3-5-13(11)14)9-12-10-19(7-6-15)17-16-12/h2-5,10H,6-9,15H2,1H3. The molecule has 102 valence electrons. The lowest BCUT2D eigenvalue weighted by Crippen LogP contribution is -2.17. The fraction of sp³-hybridized carbons (Fsp3) is 0.385. The molecule has 2 rings (SSSR count). The summed E-state index contributed by atoms with van der Waals surface area (Å²) in [6.45, 7) is 2.78. The van der Waals surface area contributed by atoms with Gasteiger partial charge < -0.3 is 5.73 Å². The van der Waals surface area contributed by atoms with Gasteiger partial charge in [0.25, 0.3) is 0 Å². The number of benzene rings is 1. The van der Waals surface area contributed by atoms with Crippen LogP contribution >= 0.6 is 11.6 Å². The number of rotatable bonds is 6. The Bertz CT molecular complexity index is 525. The van der Waals surface area contributed by atoms with Crippen LogP contribution in [0.25, 0.3) is 0 Å². The molecule has 0 saturated carbocycles. The van der Waals surface area contributed by atoms with Gasteiger partial charge in [-0.3, -0.25) is 9.58 Å². The van der Waals surface area contributed by atoms with Gasteiger partial charge in [-0.25, -0.2) is 0 Å². The molecule has 0 spiro atoms. The topological polar surface area (TPSA) is 60.0 Å². The number of hydrogen-bond donors (Lipinski definition) is 1. The molecule has 0 amide bonds. The highest BCUT2D eigenvalue weighted by molar-refractivity contribution is 6.31. The van der Waals surface area contributed by atoms with E-state index in [1.165, 1.54) is 0 Å². The molecule has 2 N–H and O–H groups in total. The lowest BCUT2D eigenvalue weighted by molar-refractivity contribution is 0.315. The molecular formula is C13H18ClN5. The van der Waals surface area contributed by atoms with Gasteiger partial charge in [-0.1, -0.05) is 35.0 Å². The van der Waals surface area contributed by atoms with Gasteiger partial charge in [0.1, 0.15) is 0 Å². The minimum absolute atomic E-state index is 0.568. The number of halogens is 1. The molecule has 0 aliphatic rings. The highest BCUT2D eigenvalue weighted by Crippen LogP contribution is 2.17. The Kier molecular flexibility index (Phi) is 4.90. The van der Waals surface area contributed by atoms with Crippen molar-refractivity contribution in [1.82, 2.24) is 19.9 Å². The number of aromatic nitrogens is 3. The molecule has 19 heavy (non-hydrogen) atoms. The lowest BCUT2D eigenvalue weighted by Gasteiger charge is -2.15. The Morgan fingerprint density at radius 1 is 1.32 bits per heavy atom. The van der Waals surface area contributed by atoms with Gasteiger partial charge in [0.15, 0.2) is 0 Å². The summed E-state index contributed by atoms with van der Waals surface area (Å²) in [6, 6.07) is 7.86. The second kappa shape index (κ2) is 6.65. The van der Waals surface area contributed by atoms with Crippen LogP contribution in [0.15, 0.2) is 30.5 Å². The minimum atomic E-state index is 0.568. The summed E-state index contributed by atoms with van der Waals surface area (Å²) < 4.78 is 1.76. The van der Waals surface area contributed by atoms with Crippen molar-refractivity contribution in [3.05, 3.63) is 46.7 Å². The van der Waals surface area contributed by atoms with E-state index in [-0.39, 0.29) is 0 Å². The van der Waals surface area contributed by atoms with E-state index in [4.69, 9.17) is 17.3 Å². The smallest absolute Gasteiger partial charge is 0.0967 e. The summed E-state index contributed by atoms with van der Waals surface area (Å²) in [5, 5.41) is 8.93. The zero-order valence-electron chi connectivity index (χ0n) is 11.0. The van der Waals surface area contributed by atoms with E-state index in [0.717, 1.165) is 29.4 Å². The fourth-order valence-corrected chi connectivity index (χ4v) is 2.10. The zero-order chi connectivity index (χ0) is 13.7. The van der Waals surface area contributed by atoms with E-state index in [2.05, 4.69) is 15.2 Å². The van der Waals surface area contributed by atoms with E-state index in [1.54, 1.807) is 4.68 Å². The van der Waals surface area contributed by atoms with E-state index < -0.39 is 0 Å². The Balaban J connectivity index is 1.93. The maximum absolute atomic E-state index is 6.14. The first-order chi connectivity index (χ1) is 9.19. The summed E-state index contributed by atoms with van der Waals surface area (Å²) in [5.74, 6) is 0. The van der Waals surface area contributed by atoms with Gasteiger partial charge in [-0.05, 0) is 18.7 Å². The molecule has 0 aliphatic heterocycles. The van der Waals surface area contributed by atoms with Gasteiger partial charge in [0.2, 0.25) is 0 Å². The van der Waals surface area contributed by atoms with Crippen molar-refractivity contribution in [2.24, 2.45) is 5.73 Å². The molecule has 0 saturated heterocycles. The van der Waals surface area contributed by atoms with Crippen molar-refractivity contribution >= 4 is 11.6 Å². The molecule has 0 radical (unpaired) electrons. The van der Waals surface area contributed by atoms with Gasteiger partial charge in [0, 0.05) is 30.9 Å². The lowest BCUT2D eigenvalue weighted by atomic mass is 10.2. The summed E-state index contributed by atoms with van der Waals surface area (Å²) in [5.41, 5.74) is 7.52. The molecule has 0 aliphatic carbocycles. The second-order valence-electron chi connectivity index (χ2n) is 4.53. The predicted molar refractivity (Wildman–Crippen MR) is 75.7 cm³/mol. The fourth-order valence-electron chi connectivity index (χ4n) is 1.90. The third kappa shape index (κ3) is 4.02. The van der Waals surface area contributed by atoms with Crippen LogP contribution in [0, 0.1) is 0 Å². The highest BCUT2D eigenvalue weighted by Gasteiger charge is 2.07. The van der Waals surface area contributed by atoms with Crippen LogP contribution in [-0.2, 0) is 19.6 Å². The molecule has 2 aromatic rings. The molecule has 1 aromatic carbocycles. The van der Waals surface area contributed by atoms with Gasteiger partial charge in [-0.2, -0.15) is 0 Å². The Labute approximate surface area is 118 Å². The molecule has 1 heterocycles. The molecule has 0 bridgehead atoms. The first-order valence-electron chi connectivity index (χ1n) is 6.20. The minimum Gasteiger partial charge on any atom is -0.329 e. The van der Waals surface area contributed by atoms with Crippen molar-refractivity contribution < 1.29 is 0 Å². The van der Waals surface area contributed by atoms with Crippen LogP contribution in [-0.4, -0.2) is 33.5 Å². The van der Waals surface area contributed by atoms with E-state index in [1.807, 2.05) is 37.5 Å². The molecule has 1 aromatic heterocycles. The van der Waals surface area contributed by atoms with Crippen molar-refractivity contribution in [2.75, 3.05) is 13.6 Å². The molecular weight excluding hydrogens is 262 g/mol. The molecule has 0 atom stereocenters. The maximum atomic E-state index is 6.14. The monoisotopic (exact) mass is 279 g/mol. The molecule has 0 fully saturated rings. The van der Waals surface area contributed by atoms with E-state index in [9.17, 15) is 0 Å². The normalized spacial score (nSPS) is 11.2. The van der Waals surface area contributed by atoms with Crippen LogP contribution < -0.4 is 5.73 Å². The second-order valence-corrected chi connectivity index (χ2v) is 4.93. The zero-order valence-corrected chi connectivity index (χ0v) is 11.7. The van der Waals surface area contributed by atoms with Gasteiger partial charge in [0.05, 0.1) is 12.2 Å². The molecule has 5 nitrogen and oxygen atoms in total.